The number of carbonyl (C=O) groups excluding carboxylic acids is 1. The van der Waals surface area contributed by atoms with Crippen molar-refractivity contribution in [2.24, 2.45) is 5.92 Å². The van der Waals surface area contributed by atoms with E-state index in [-0.39, 0.29) is 5.91 Å². The van der Waals surface area contributed by atoms with Crippen LogP contribution in [0, 0.1) is 12.8 Å². The molecule has 0 saturated heterocycles. The Bertz CT molecular complexity index is 409. The zero-order chi connectivity index (χ0) is 13.5. The van der Waals surface area contributed by atoms with Gasteiger partial charge in [0, 0.05) is 22.5 Å². The van der Waals surface area contributed by atoms with Gasteiger partial charge >= 0.3 is 0 Å². The number of amides is 1. The summed E-state index contributed by atoms with van der Waals surface area (Å²) in [6, 6.07) is 5.62. The molecule has 100 valence electrons. The SMILES string of the molecule is Cc1cc(C(=O)NCCCC(C)CCl)ccc1Br. The van der Waals surface area contributed by atoms with Gasteiger partial charge < -0.3 is 5.32 Å². The number of hydrogen-bond donors (Lipinski definition) is 1. The van der Waals surface area contributed by atoms with Gasteiger partial charge in [-0.3, -0.25) is 4.79 Å². The molecule has 1 rings (SSSR count). The minimum atomic E-state index is -0.0101. The molecule has 1 amide bonds. The van der Waals surface area contributed by atoms with Gasteiger partial charge in [-0.15, -0.1) is 11.6 Å². The zero-order valence-corrected chi connectivity index (χ0v) is 13.1. The van der Waals surface area contributed by atoms with Crippen LogP contribution < -0.4 is 5.32 Å². The minimum Gasteiger partial charge on any atom is -0.352 e. The van der Waals surface area contributed by atoms with Crippen molar-refractivity contribution in [3.8, 4) is 0 Å². The Hall–Kier alpha value is -0.540. The fourth-order valence-corrected chi connectivity index (χ4v) is 2.02. The van der Waals surface area contributed by atoms with Crippen LogP contribution in [0.3, 0.4) is 0 Å². The third-order valence-electron chi connectivity index (χ3n) is 2.84. The summed E-state index contributed by atoms with van der Waals surface area (Å²) in [5, 5.41) is 2.93. The van der Waals surface area contributed by atoms with Crippen molar-refractivity contribution in [2.75, 3.05) is 12.4 Å². The van der Waals surface area contributed by atoms with Crippen molar-refractivity contribution < 1.29 is 4.79 Å². The number of carbonyl (C=O) groups is 1. The van der Waals surface area contributed by atoms with Crippen LogP contribution in [0.1, 0.15) is 35.7 Å². The highest BCUT2D eigenvalue weighted by Crippen LogP contribution is 2.17. The molecule has 0 spiro atoms. The molecule has 1 unspecified atom stereocenters. The molecule has 0 aliphatic carbocycles. The van der Waals surface area contributed by atoms with Crippen LogP contribution in [-0.4, -0.2) is 18.3 Å². The number of aryl methyl sites for hydroxylation is 1. The number of rotatable bonds is 6. The normalized spacial score (nSPS) is 12.2. The van der Waals surface area contributed by atoms with Crippen LogP contribution in [-0.2, 0) is 0 Å². The Morgan fingerprint density at radius 1 is 1.50 bits per heavy atom. The molecular weight excluding hydrogens is 314 g/mol. The monoisotopic (exact) mass is 331 g/mol. The van der Waals surface area contributed by atoms with E-state index < -0.39 is 0 Å². The molecule has 18 heavy (non-hydrogen) atoms. The number of alkyl halides is 1. The van der Waals surface area contributed by atoms with E-state index in [4.69, 9.17) is 11.6 Å². The summed E-state index contributed by atoms with van der Waals surface area (Å²) < 4.78 is 1.02. The first-order valence-corrected chi connectivity index (χ1v) is 7.47. The van der Waals surface area contributed by atoms with E-state index in [1.54, 1.807) is 0 Å². The van der Waals surface area contributed by atoms with Gasteiger partial charge in [0.25, 0.3) is 5.91 Å². The molecule has 1 aromatic rings. The molecule has 0 fully saturated rings. The van der Waals surface area contributed by atoms with Crippen LogP contribution in [0.15, 0.2) is 22.7 Å². The molecule has 0 bridgehead atoms. The zero-order valence-electron chi connectivity index (χ0n) is 10.8. The third-order valence-corrected chi connectivity index (χ3v) is 4.26. The molecule has 2 nitrogen and oxygen atoms in total. The summed E-state index contributed by atoms with van der Waals surface area (Å²) in [5.74, 6) is 1.18. The fraction of sp³-hybridized carbons (Fsp3) is 0.500. The lowest BCUT2D eigenvalue weighted by molar-refractivity contribution is 0.0952. The summed E-state index contributed by atoms with van der Waals surface area (Å²) in [4.78, 5) is 11.9. The number of halogens is 2. The average Bonchev–Trinajstić information content (AvgIpc) is 2.37. The standard InChI is InChI=1S/C14H19BrClNO/c1-10(9-16)4-3-7-17-14(18)12-5-6-13(15)11(2)8-12/h5-6,8,10H,3-4,7,9H2,1-2H3,(H,17,18). The molecule has 0 aliphatic rings. The Kier molecular flexibility index (Phi) is 6.72. The van der Waals surface area contributed by atoms with E-state index >= 15 is 0 Å². The Morgan fingerprint density at radius 2 is 2.22 bits per heavy atom. The van der Waals surface area contributed by atoms with Crippen molar-refractivity contribution in [2.45, 2.75) is 26.7 Å². The van der Waals surface area contributed by atoms with Crippen LogP contribution in [0.4, 0.5) is 0 Å². The lowest BCUT2D eigenvalue weighted by Gasteiger charge is -2.09. The van der Waals surface area contributed by atoms with Crippen LogP contribution in [0.5, 0.6) is 0 Å². The Balaban J connectivity index is 2.39. The maximum Gasteiger partial charge on any atom is 0.251 e. The maximum atomic E-state index is 11.9. The maximum absolute atomic E-state index is 11.9. The first-order valence-electron chi connectivity index (χ1n) is 6.15. The highest BCUT2D eigenvalue weighted by molar-refractivity contribution is 9.10. The summed E-state index contributed by atoms with van der Waals surface area (Å²) in [7, 11) is 0. The lowest BCUT2D eigenvalue weighted by atomic mass is 10.1. The first-order chi connectivity index (χ1) is 8.54. The predicted octanol–water partition coefficient (Wildman–Crippen LogP) is 4.14. The Morgan fingerprint density at radius 3 is 2.83 bits per heavy atom. The van der Waals surface area contributed by atoms with E-state index in [2.05, 4.69) is 28.2 Å². The van der Waals surface area contributed by atoms with Crippen LogP contribution in [0.25, 0.3) is 0 Å². The van der Waals surface area contributed by atoms with Crippen molar-refractivity contribution in [3.63, 3.8) is 0 Å². The molecule has 4 heteroatoms. The molecule has 1 atom stereocenters. The van der Waals surface area contributed by atoms with E-state index in [0.717, 1.165) is 22.9 Å². The number of nitrogens with one attached hydrogen (secondary N) is 1. The topological polar surface area (TPSA) is 29.1 Å². The molecule has 0 aliphatic heterocycles. The third kappa shape index (κ3) is 4.99. The summed E-state index contributed by atoms with van der Waals surface area (Å²) in [5.41, 5.74) is 1.78. The van der Waals surface area contributed by atoms with Gasteiger partial charge in [-0.1, -0.05) is 22.9 Å². The van der Waals surface area contributed by atoms with Gasteiger partial charge in [0.05, 0.1) is 0 Å². The first kappa shape index (κ1) is 15.5. The van der Waals surface area contributed by atoms with Crippen molar-refractivity contribution >= 4 is 33.4 Å². The number of benzene rings is 1. The van der Waals surface area contributed by atoms with Crippen molar-refractivity contribution in [3.05, 3.63) is 33.8 Å². The Labute approximate surface area is 122 Å². The van der Waals surface area contributed by atoms with Gasteiger partial charge in [0.2, 0.25) is 0 Å². The highest BCUT2D eigenvalue weighted by Gasteiger charge is 2.06. The molecule has 0 radical (unpaired) electrons. The van der Waals surface area contributed by atoms with Gasteiger partial charge in [-0.2, -0.15) is 0 Å². The van der Waals surface area contributed by atoms with E-state index in [0.29, 0.717) is 23.9 Å². The minimum absolute atomic E-state index is 0.0101. The molecule has 0 heterocycles. The van der Waals surface area contributed by atoms with E-state index in [1.807, 2.05) is 25.1 Å². The summed E-state index contributed by atoms with van der Waals surface area (Å²) in [6.45, 7) is 4.80. The molecule has 1 aromatic carbocycles. The quantitative estimate of drug-likeness (QED) is 0.615. The molecular formula is C14H19BrClNO. The fourth-order valence-electron chi connectivity index (χ4n) is 1.62. The summed E-state index contributed by atoms with van der Waals surface area (Å²) in [6.07, 6.45) is 2.01. The smallest absolute Gasteiger partial charge is 0.251 e. The molecule has 1 N–H and O–H groups in total. The second kappa shape index (κ2) is 7.80. The van der Waals surface area contributed by atoms with Gasteiger partial charge in [-0.05, 0) is 49.4 Å². The lowest BCUT2D eigenvalue weighted by Crippen LogP contribution is -2.24. The van der Waals surface area contributed by atoms with E-state index in [9.17, 15) is 4.79 Å². The second-order valence-electron chi connectivity index (χ2n) is 4.62. The highest BCUT2D eigenvalue weighted by atomic mass is 79.9. The van der Waals surface area contributed by atoms with Crippen LogP contribution >= 0.6 is 27.5 Å². The second-order valence-corrected chi connectivity index (χ2v) is 5.78. The van der Waals surface area contributed by atoms with Crippen molar-refractivity contribution in [1.82, 2.24) is 5.32 Å². The van der Waals surface area contributed by atoms with Crippen LogP contribution in [0.2, 0.25) is 0 Å². The molecule has 0 saturated carbocycles. The number of hydrogen-bond acceptors (Lipinski definition) is 1. The van der Waals surface area contributed by atoms with E-state index in [1.165, 1.54) is 0 Å². The van der Waals surface area contributed by atoms with Crippen molar-refractivity contribution in [1.29, 1.82) is 0 Å². The summed E-state index contributed by atoms with van der Waals surface area (Å²) >= 11 is 9.15. The average molecular weight is 333 g/mol. The van der Waals surface area contributed by atoms with Gasteiger partial charge in [-0.25, -0.2) is 0 Å². The largest absolute Gasteiger partial charge is 0.352 e. The van der Waals surface area contributed by atoms with Gasteiger partial charge in [0.15, 0.2) is 0 Å². The predicted molar refractivity (Wildman–Crippen MR) is 80.3 cm³/mol. The molecule has 0 aromatic heterocycles. The van der Waals surface area contributed by atoms with Gasteiger partial charge in [0.1, 0.15) is 0 Å².